The van der Waals surface area contributed by atoms with Gasteiger partial charge in [0.25, 0.3) is 5.91 Å². The number of aromatic nitrogens is 3. The number of fused-ring (bicyclic) bond motifs is 1. The monoisotopic (exact) mass is 562 g/mol. The Balaban J connectivity index is 1.62. The molecule has 2 aromatic heterocycles. The number of rotatable bonds is 9. The number of imidazole rings is 1. The van der Waals surface area contributed by atoms with Gasteiger partial charge in [0.15, 0.2) is 9.84 Å². The normalized spacial score (nSPS) is 15.2. The van der Waals surface area contributed by atoms with Gasteiger partial charge in [0.2, 0.25) is 11.7 Å². The number of carbonyl (C=O) groups excluding carboxylic acids is 2. The number of halogens is 1. The van der Waals surface area contributed by atoms with Gasteiger partial charge in [0.1, 0.15) is 12.4 Å². The molecule has 0 radical (unpaired) electrons. The average Bonchev–Trinajstić information content (AvgIpc) is 3.23. The van der Waals surface area contributed by atoms with Crippen molar-refractivity contribution >= 4 is 50.1 Å². The summed E-state index contributed by atoms with van der Waals surface area (Å²) in [7, 11) is -3.73. The predicted octanol–water partition coefficient (Wildman–Crippen LogP) is 2.09. The van der Waals surface area contributed by atoms with Crippen LogP contribution in [0.15, 0.2) is 41.4 Å². The summed E-state index contributed by atoms with van der Waals surface area (Å²) in [5.41, 5.74) is 0.674. The lowest BCUT2D eigenvalue weighted by Crippen LogP contribution is -2.47. The molecule has 204 valence electrons. The SMILES string of the molecule is CC(C)N1CCC(NC(=O)c2nc3cc(S(=O)(=O)CCO)ccc3n2CC(=O)Nc2ccc(Cl)cn2)CC1. The number of piperidine rings is 1. The standard InChI is InChI=1S/C25H31ClN6O5S/c1-16(2)31-9-7-18(8-10-31)28-25(35)24-29-20-13-19(38(36,37)12-11-33)4-5-21(20)32(24)15-23(34)30-22-6-3-17(26)14-27-22/h3-6,13-14,16,18,33H,7-12,15H2,1-2H3,(H,28,35)(H,27,30,34). The van der Waals surface area contributed by atoms with E-state index < -0.39 is 34.0 Å². The molecule has 0 bridgehead atoms. The van der Waals surface area contributed by atoms with Crippen molar-refractivity contribution in [2.45, 2.75) is 50.2 Å². The highest BCUT2D eigenvalue weighted by Gasteiger charge is 2.26. The van der Waals surface area contributed by atoms with Crippen molar-refractivity contribution in [1.29, 1.82) is 0 Å². The van der Waals surface area contributed by atoms with E-state index in [0.29, 0.717) is 22.4 Å². The maximum absolute atomic E-state index is 13.4. The summed E-state index contributed by atoms with van der Waals surface area (Å²) in [5.74, 6) is -1.03. The average molecular weight is 563 g/mol. The Morgan fingerprint density at radius 1 is 1.18 bits per heavy atom. The molecular formula is C25H31ClN6O5S. The fraction of sp³-hybridized carbons (Fsp3) is 0.440. The minimum Gasteiger partial charge on any atom is -0.395 e. The number of benzene rings is 1. The molecule has 1 aliphatic rings. The van der Waals surface area contributed by atoms with Crippen LogP contribution >= 0.6 is 11.6 Å². The van der Waals surface area contributed by atoms with Crippen molar-refractivity contribution in [3.8, 4) is 0 Å². The largest absolute Gasteiger partial charge is 0.395 e. The molecule has 1 saturated heterocycles. The highest BCUT2D eigenvalue weighted by atomic mass is 35.5. The third-order valence-corrected chi connectivity index (χ3v) is 8.45. The van der Waals surface area contributed by atoms with E-state index in [-0.39, 0.29) is 28.8 Å². The number of aliphatic hydroxyl groups is 1. The van der Waals surface area contributed by atoms with Crippen molar-refractivity contribution in [2.24, 2.45) is 0 Å². The first-order valence-corrected chi connectivity index (χ1v) is 14.4. The second kappa shape index (κ2) is 11.8. The lowest BCUT2D eigenvalue weighted by atomic mass is 10.0. The molecule has 38 heavy (non-hydrogen) atoms. The highest BCUT2D eigenvalue weighted by Crippen LogP contribution is 2.23. The summed E-state index contributed by atoms with van der Waals surface area (Å²) < 4.78 is 26.4. The molecule has 3 heterocycles. The van der Waals surface area contributed by atoms with E-state index in [0.717, 1.165) is 25.9 Å². The number of hydrogen-bond acceptors (Lipinski definition) is 8. The third kappa shape index (κ3) is 6.49. The lowest BCUT2D eigenvalue weighted by Gasteiger charge is -2.34. The van der Waals surface area contributed by atoms with Crippen LogP contribution in [0.2, 0.25) is 5.02 Å². The molecule has 0 unspecified atom stereocenters. The van der Waals surface area contributed by atoms with Crippen molar-refractivity contribution in [3.63, 3.8) is 0 Å². The topological polar surface area (TPSA) is 147 Å². The molecule has 3 aromatic rings. The molecule has 0 spiro atoms. The molecule has 4 rings (SSSR count). The Morgan fingerprint density at radius 2 is 1.92 bits per heavy atom. The fourth-order valence-corrected chi connectivity index (χ4v) is 5.61. The maximum atomic E-state index is 13.4. The molecule has 1 aromatic carbocycles. The second-order valence-electron chi connectivity index (χ2n) is 9.50. The first kappa shape index (κ1) is 28.0. The van der Waals surface area contributed by atoms with Crippen LogP contribution in [-0.4, -0.2) is 82.3 Å². The number of carbonyl (C=O) groups is 2. The molecule has 2 amide bonds. The number of likely N-dealkylation sites (tertiary alicyclic amines) is 1. The predicted molar refractivity (Wildman–Crippen MR) is 144 cm³/mol. The Morgan fingerprint density at radius 3 is 2.55 bits per heavy atom. The Labute approximate surface area is 226 Å². The van der Waals surface area contributed by atoms with E-state index in [1.165, 1.54) is 29.0 Å². The summed E-state index contributed by atoms with van der Waals surface area (Å²) in [6.45, 7) is 5.24. The first-order chi connectivity index (χ1) is 18.1. The van der Waals surface area contributed by atoms with E-state index in [2.05, 4.69) is 39.3 Å². The number of nitrogens with one attached hydrogen (secondary N) is 2. The van der Waals surface area contributed by atoms with Gasteiger partial charge in [-0.05, 0) is 57.0 Å². The van der Waals surface area contributed by atoms with E-state index in [1.54, 1.807) is 12.1 Å². The molecule has 11 nitrogen and oxygen atoms in total. The van der Waals surface area contributed by atoms with Gasteiger partial charge in [-0.2, -0.15) is 0 Å². The quantitative estimate of drug-likeness (QED) is 0.359. The molecule has 13 heteroatoms. The van der Waals surface area contributed by atoms with Gasteiger partial charge >= 0.3 is 0 Å². The van der Waals surface area contributed by atoms with Crippen LogP contribution in [0.3, 0.4) is 0 Å². The minimum absolute atomic E-state index is 0.00205. The smallest absolute Gasteiger partial charge is 0.287 e. The van der Waals surface area contributed by atoms with Crippen molar-refractivity contribution < 1.29 is 23.1 Å². The molecule has 0 saturated carbocycles. The molecule has 0 atom stereocenters. The van der Waals surface area contributed by atoms with Gasteiger partial charge in [0, 0.05) is 31.4 Å². The first-order valence-electron chi connectivity index (χ1n) is 12.4. The van der Waals surface area contributed by atoms with Crippen LogP contribution < -0.4 is 10.6 Å². The number of anilines is 1. The van der Waals surface area contributed by atoms with E-state index >= 15 is 0 Å². The number of sulfone groups is 1. The summed E-state index contributed by atoms with van der Waals surface area (Å²) in [6.07, 6.45) is 2.98. The second-order valence-corrected chi connectivity index (χ2v) is 12.0. The fourth-order valence-electron chi connectivity index (χ4n) is 4.46. The van der Waals surface area contributed by atoms with E-state index in [9.17, 15) is 18.0 Å². The summed E-state index contributed by atoms with van der Waals surface area (Å²) in [4.78, 5) is 37.1. The maximum Gasteiger partial charge on any atom is 0.287 e. The number of nitrogens with zero attached hydrogens (tertiary/aromatic N) is 4. The zero-order valence-corrected chi connectivity index (χ0v) is 22.8. The van der Waals surface area contributed by atoms with Gasteiger partial charge in [0.05, 0.1) is 33.3 Å². The number of hydrogen-bond donors (Lipinski definition) is 3. The van der Waals surface area contributed by atoms with Crippen molar-refractivity contribution in [3.05, 3.63) is 47.4 Å². The van der Waals surface area contributed by atoms with Crippen LogP contribution in [0.4, 0.5) is 5.82 Å². The summed E-state index contributed by atoms with van der Waals surface area (Å²) in [6, 6.07) is 7.79. The molecule has 1 aliphatic heterocycles. The number of amides is 2. The van der Waals surface area contributed by atoms with Crippen LogP contribution in [0.1, 0.15) is 37.3 Å². The lowest BCUT2D eigenvalue weighted by molar-refractivity contribution is -0.116. The van der Waals surface area contributed by atoms with Crippen molar-refractivity contribution in [2.75, 3.05) is 30.8 Å². The number of pyridine rings is 1. The highest BCUT2D eigenvalue weighted by molar-refractivity contribution is 7.91. The van der Waals surface area contributed by atoms with E-state index in [4.69, 9.17) is 16.7 Å². The zero-order chi connectivity index (χ0) is 27.4. The molecule has 3 N–H and O–H groups in total. The van der Waals surface area contributed by atoms with Gasteiger partial charge < -0.3 is 25.2 Å². The van der Waals surface area contributed by atoms with Gasteiger partial charge in [-0.1, -0.05) is 11.6 Å². The van der Waals surface area contributed by atoms with Gasteiger partial charge in [-0.25, -0.2) is 18.4 Å². The Bertz CT molecular complexity index is 1420. The van der Waals surface area contributed by atoms with Crippen molar-refractivity contribution in [1.82, 2.24) is 24.8 Å². The summed E-state index contributed by atoms with van der Waals surface area (Å²) in [5, 5.41) is 15.2. The summed E-state index contributed by atoms with van der Waals surface area (Å²) >= 11 is 5.86. The van der Waals surface area contributed by atoms with Crippen LogP contribution in [-0.2, 0) is 21.2 Å². The Hall–Kier alpha value is -3.06. The zero-order valence-electron chi connectivity index (χ0n) is 21.2. The van der Waals surface area contributed by atoms with Gasteiger partial charge in [-0.3, -0.25) is 9.59 Å². The minimum atomic E-state index is -3.73. The van der Waals surface area contributed by atoms with Crippen LogP contribution in [0.5, 0.6) is 0 Å². The number of aliphatic hydroxyl groups excluding tert-OH is 1. The molecule has 0 aliphatic carbocycles. The van der Waals surface area contributed by atoms with Gasteiger partial charge in [-0.15, -0.1) is 0 Å². The molecular weight excluding hydrogens is 532 g/mol. The molecule has 1 fully saturated rings. The van der Waals surface area contributed by atoms with Crippen LogP contribution in [0, 0.1) is 0 Å². The van der Waals surface area contributed by atoms with Crippen LogP contribution in [0.25, 0.3) is 11.0 Å². The third-order valence-electron chi connectivity index (χ3n) is 6.53. The Kier molecular flexibility index (Phi) is 8.66. The van der Waals surface area contributed by atoms with E-state index in [1.807, 2.05) is 0 Å².